The number of hydrogen-bond donors (Lipinski definition) is 5. The van der Waals surface area contributed by atoms with Gasteiger partial charge in [-0.05, 0) is 24.3 Å². The molecule has 1 heterocycles. The van der Waals surface area contributed by atoms with E-state index in [1.165, 1.54) is 11.8 Å². The molecule has 26 heavy (non-hydrogen) atoms. The van der Waals surface area contributed by atoms with E-state index in [-0.39, 0.29) is 12.5 Å². The highest BCUT2D eigenvalue weighted by atomic mass is 32.2. The number of carbonyl (C=O) groups is 2. The number of fused-ring (bicyclic) bond motifs is 1. The lowest BCUT2D eigenvalue weighted by molar-refractivity contribution is -0.124. The average molecular weight is 371 g/mol. The van der Waals surface area contributed by atoms with Gasteiger partial charge in [-0.3, -0.25) is 9.59 Å². The van der Waals surface area contributed by atoms with Crippen LogP contribution in [0.3, 0.4) is 0 Å². The van der Waals surface area contributed by atoms with E-state index in [1.54, 1.807) is 0 Å². The van der Waals surface area contributed by atoms with Crippen LogP contribution in [-0.2, 0) is 9.59 Å². The van der Waals surface area contributed by atoms with Gasteiger partial charge < -0.3 is 27.4 Å². The summed E-state index contributed by atoms with van der Waals surface area (Å²) in [7, 11) is 0. The van der Waals surface area contributed by atoms with Crippen LogP contribution in [0.1, 0.15) is 0 Å². The Morgan fingerprint density at radius 1 is 1.12 bits per heavy atom. The maximum Gasteiger partial charge on any atom is 0.254 e. The lowest BCUT2D eigenvalue weighted by Gasteiger charge is -2.28. The molecule has 0 bridgehead atoms. The number of hydrogen-bond acceptors (Lipinski definition) is 6. The molecule has 0 radical (unpaired) electrons. The van der Waals surface area contributed by atoms with E-state index in [0.29, 0.717) is 0 Å². The highest BCUT2D eigenvalue weighted by Crippen LogP contribution is 2.38. The van der Waals surface area contributed by atoms with Gasteiger partial charge in [-0.2, -0.15) is 0 Å². The molecule has 1 aliphatic rings. The minimum Gasteiger partial charge on any atom is -0.369 e. The molecule has 2 aromatic rings. The summed E-state index contributed by atoms with van der Waals surface area (Å²) < 4.78 is 0. The van der Waals surface area contributed by atoms with Crippen molar-refractivity contribution in [2.75, 3.05) is 17.2 Å². The number of rotatable bonds is 7. The Labute approximate surface area is 155 Å². The Balaban J connectivity index is 1.73. The fourth-order valence-corrected chi connectivity index (χ4v) is 3.73. The highest BCUT2D eigenvalue weighted by Gasteiger charge is 2.32. The summed E-state index contributed by atoms with van der Waals surface area (Å²) in [4.78, 5) is 25.5. The maximum absolute atomic E-state index is 12.7. The third-order valence-corrected chi connectivity index (χ3v) is 5.25. The van der Waals surface area contributed by atoms with Gasteiger partial charge in [0.1, 0.15) is 6.17 Å². The molecule has 8 heteroatoms. The molecule has 2 amide bonds. The highest BCUT2D eigenvalue weighted by molar-refractivity contribution is 8.01. The van der Waals surface area contributed by atoms with Crippen LogP contribution in [0.4, 0.5) is 11.4 Å². The number of amides is 2. The van der Waals surface area contributed by atoms with Crippen molar-refractivity contribution in [3.8, 4) is 0 Å². The number of carbonyl (C=O) groups excluding carboxylic acids is 2. The first-order chi connectivity index (χ1) is 12.6. The van der Waals surface area contributed by atoms with Gasteiger partial charge in [0.2, 0.25) is 5.91 Å². The standard InChI is InChI=1S/C18H21N5O2S/c19-10-12(15(20)24)16(21-11-6-2-1-3-7-11)23-17(25)18-22-13-8-4-5-9-14(13)26-18/h1-9,12,16,18,21-22H,10,19H2,(H2,20,24)(H,23,25). The number of thioether (sulfide) groups is 1. The molecule has 3 unspecified atom stereocenters. The third-order valence-electron chi connectivity index (χ3n) is 4.07. The van der Waals surface area contributed by atoms with E-state index >= 15 is 0 Å². The SMILES string of the molecule is NCC(C(N)=O)C(NC(=O)C1Nc2ccccc2S1)Nc1ccccc1. The van der Waals surface area contributed by atoms with Gasteiger partial charge in [0, 0.05) is 22.8 Å². The van der Waals surface area contributed by atoms with E-state index < -0.39 is 23.4 Å². The Hall–Kier alpha value is -2.71. The second-order valence-corrected chi connectivity index (χ2v) is 7.03. The van der Waals surface area contributed by atoms with Gasteiger partial charge in [-0.25, -0.2) is 0 Å². The van der Waals surface area contributed by atoms with Crippen LogP contribution in [0.5, 0.6) is 0 Å². The van der Waals surface area contributed by atoms with Gasteiger partial charge in [-0.15, -0.1) is 0 Å². The number of benzene rings is 2. The zero-order valence-corrected chi connectivity index (χ0v) is 14.8. The molecule has 3 rings (SSSR count). The molecule has 2 aromatic carbocycles. The number of para-hydroxylation sites is 2. The summed E-state index contributed by atoms with van der Waals surface area (Å²) in [6.07, 6.45) is -0.710. The van der Waals surface area contributed by atoms with E-state index in [1.807, 2.05) is 54.6 Å². The molecule has 0 aromatic heterocycles. The lowest BCUT2D eigenvalue weighted by atomic mass is 10.0. The van der Waals surface area contributed by atoms with Crippen molar-refractivity contribution in [3.63, 3.8) is 0 Å². The van der Waals surface area contributed by atoms with Crippen LogP contribution in [0.2, 0.25) is 0 Å². The van der Waals surface area contributed by atoms with Gasteiger partial charge in [0.25, 0.3) is 5.91 Å². The molecule has 7 nitrogen and oxygen atoms in total. The molecule has 1 aliphatic heterocycles. The zero-order valence-electron chi connectivity index (χ0n) is 14.0. The first kappa shape index (κ1) is 18.1. The fraction of sp³-hybridized carbons (Fsp3) is 0.222. The van der Waals surface area contributed by atoms with E-state index in [0.717, 1.165) is 16.3 Å². The van der Waals surface area contributed by atoms with Crippen molar-refractivity contribution >= 4 is 35.0 Å². The maximum atomic E-state index is 12.7. The van der Waals surface area contributed by atoms with Crippen molar-refractivity contribution < 1.29 is 9.59 Å². The van der Waals surface area contributed by atoms with Crippen LogP contribution < -0.4 is 27.4 Å². The van der Waals surface area contributed by atoms with Gasteiger partial charge in [0.05, 0.1) is 5.92 Å². The van der Waals surface area contributed by atoms with Crippen molar-refractivity contribution in [3.05, 3.63) is 54.6 Å². The summed E-state index contributed by atoms with van der Waals surface area (Å²) >= 11 is 1.42. The Kier molecular flexibility index (Phi) is 5.65. The van der Waals surface area contributed by atoms with Gasteiger partial charge in [-0.1, -0.05) is 42.1 Å². The van der Waals surface area contributed by atoms with Crippen molar-refractivity contribution in [2.45, 2.75) is 16.4 Å². The Morgan fingerprint density at radius 3 is 2.46 bits per heavy atom. The second kappa shape index (κ2) is 8.11. The molecular weight excluding hydrogens is 350 g/mol. The lowest BCUT2D eigenvalue weighted by Crippen LogP contribution is -2.54. The predicted octanol–water partition coefficient (Wildman–Crippen LogP) is 1.14. The van der Waals surface area contributed by atoms with Crippen molar-refractivity contribution in [1.82, 2.24) is 5.32 Å². The molecule has 0 spiro atoms. The third kappa shape index (κ3) is 4.09. The molecule has 0 fully saturated rings. The Morgan fingerprint density at radius 2 is 1.81 bits per heavy atom. The van der Waals surface area contributed by atoms with E-state index in [9.17, 15) is 9.59 Å². The summed E-state index contributed by atoms with van der Waals surface area (Å²) in [6, 6.07) is 17.0. The van der Waals surface area contributed by atoms with Gasteiger partial charge in [0.15, 0.2) is 5.37 Å². The minimum absolute atomic E-state index is 0.0194. The van der Waals surface area contributed by atoms with Crippen LogP contribution in [-0.4, -0.2) is 29.9 Å². The predicted molar refractivity (Wildman–Crippen MR) is 103 cm³/mol. The molecule has 0 saturated carbocycles. The topological polar surface area (TPSA) is 122 Å². The van der Waals surface area contributed by atoms with Gasteiger partial charge >= 0.3 is 0 Å². The van der Waals surface area contributed by atoms with E-state index in [2.05, 4.69) is 16.0 Å². The number of nitrogens with one attached hydrogen (secondary N) is 3. The van der Waals surface area contributed by atoms with Crippen molar-refractivity contribution in [1.29, 1.82) is 0 Å². The molecule has 3 atom stereocenters. The summed E-state index contributed by atoms with van der Waals surface area (Å²) in [5.74, 6) is -1.57. The molecule has 0 saturated heterocycles. The monoisotopic (exact) mass is 371 g/mol. The first-order valence-corrected chi connectivity index (χ1v) is 9.10. The van der Waals surface area contributed by atoms with Crippen LogP contribution in [0, 0.1) is 5.92 Å². The summed E-state index contributed by atoms with van der Waals surface area (Å²) in [6.45, 7) is 0.0194. The average Bonchev–Trinajstić information content (AvgIpc) is 3.07. The number of nitrogens with two attached hydrogens (primary N) is 2. The Bertz CT molecular complexity index is 761. The van der Waals surface area contributed by atoms with E-state index in [4.69, 9.17) is 11.5 Å². The van der Waals surface area contributed by atoms with Crippen LogP contribution >= 0.6 is 11.8 Å². The quantitative estimate of drug-likeness (QED) is 0.465. The summed E-state index contributed by atoms with van der Waals surface area (Å²) in [5, 5.41) is 8.68. The largest absolute Gasteiger partial charge is 0.369 e. The molecule has 0 aliphatic carbocycles. The molecular formula is C18H21N5O2S. The normalized spacial score (nSPS) is 17.5. The smallest absolute Gasteiger partial charge is 0.254 e. The number of primary amides is 1. The van der Waals surface area contributed by atoms with Crippen molar-refractivity contribution in [2.24, 2.45) is 17.4 Å². The minimum atomic E-state index is -0.743. The zero-order chi connectivity index (χ0) is 18.5. The molecule has 136 valence electrons. The summed E-state index contributed by atoms with van der Waals surface area (Å²) in [5.41, 5.74) is 12.9. The van der Waals surface area contributed by atoms with Crippen LogP contribution in [0.15, 0.2) is 59.5 Å². The molecule has 7 N–H and O–H groups in total. The first-order valence-electron chi connectivity index (χ1n) is 8.22. The van der Waals surface area contributed by atoms with Crippen LogP contribution in [0.25, 0.3) is 0 Å². The number of anilines is 2. The fourth-order valence-electron chi connectivity index (χ4n) is 2.70. The second-order valence-electron chi connectivity index (χ2n) is 5.88.